The Balaban J connectivity index is 2.08. The second-order valence-electron chi connectivity index (χ2n) is 4.49. The second kappa shape index (κ2) is 8.26. The fourth-order valence-electron chi connectivity index (χ4n) is 2.14. The van der Waals surface area contributed by atoms with E-state index >= 15 is 0 Å². The van der Waals surface area contributed by atoms with E-state index in [2.05, 4.69) is 0 Å². The number of hydrogen-bond donors (Lipinski definition) is 0. The average molecular weight is 224 g/mol. The van der Waals surface area contributed by atoms with Crippen molar-refractivity contribution in [1.82, 2.24) is 0 Å². The van der Waals surface area contributed by atoms with E-state index in [4.69, 9.17) is 9.47 Å². The molecule has 0 heterocycles. The van der Waals surface area contributed by atoms with Crippen molar-refractivity contribution >= 4 is 0 Å². The van der Waals surface area contributed by atoms with Crippen LogP contribution in [0.2, 0.25) is 0 Å². The monoisotopic (exact) mass is 224 g/mol. The predicted molar refractivity (Wildman–Crippen MR) is 67.0 cm³/mol. The van der Waals surface area contributed by atoms with Crippen LogP contribution < -0.4 is 0 Å². The third-order valence-corrected chi connectivity index (χ3v) is 3.09. The van der Waals surface area contributed by atoms with E-state index in [1.807, 2.05) is 26.0 Å². The van der Waals surface area contributed by atoms with Gasteiger partial charge in [0.05, 0.1) is 25.7 Å². The van der Waals surface area contributed by atoms with Gasteiger partial charge in [-0.05, 0) is 51.4 Å². The average Bonchev–Trinajstić information content (AvgIpc) is 2.32. The molecule has 0 amide bonds. The summed E-state index contributed by atoms with van der Waals surface area (Å²) in [6.07, 6.45) is 12.6. The van der Waals surface area contributed by atoms with Gasteiger partial charge in [0.1, 0.15) is 0 Å². The summed E-state index contributed by atoms with van der Waals surface area (Å²) in [6, 6.07) is 0. The van der Waals surface area contributed by atoms with Crippen molar-refractivity contribution in [3.63, 3.8) is 0 Å². The summed E-state index contributed by atoms with van der Waals surface area (Å²) in [6.45, 7) is 5.73. The highest BCUT2D eigenvalue weighted by Crippen LogP contribution is 2.29. The largest absolute Gasteiger partial charge is 0.501 e. The molecule has 0 spiro atoms. The van der Waals surface area contributed by atoms with Gasteiger partial charge in [-0.25, -0.2) is 0 Å². The molecular formula is C14H24O2. The van der Waals surface area contributed by atoms with Gasteiger partial charge in [0.2, 0.25) is 0 Å². The molecule has 16 heavy (non-hydrogen) atoms. The molecule has 0 bridgehead atoms. The zero-order valence-corrected chi connectivity index (χ0v) is 10.5. The molecule has 0 unspecified atom stereocenters. The summed E-state index contributed by atoms with van der Waals surface area (Å²) in [4.78, 5) is 0. The van der Waals surface area contributed by atoms with E-state index in [0.29, 0.717) is 0 Å². The van der Waals surface area contributed by atoms with Crippen molar-refractivity contribution in [1.29, 1.82) is 0 Å². The molecule has 1 saturated carbocycles. The van der Waals surface area contributed by atoms with Gasteiger partial charge in [-0.1, -0.05) is 12.2 Å². The maximum absolute atomic E-state index is 5.43. The maximum atomic E-state index is 5.43. The van der Waals surface area contributed by atoms with Gasteiger partial charge in [-0.15, -0.1) is 0 Å². The van der Waals surface area contributed by atoms with Crippen LogP contribution in [0.3, 0.4) is 0 Å². The van der Waals surface area contributed by atoms with Gasteiger partial charge in [0.25, 0.3) is 0 Å². The Hall–Kier alpha value is -0.920. The van der Waals surface area contributed by atoms with Crippen molar-refractivity contribution in [3.8, 4) is 0 Å². The number of hydrogen-bond acceptors (Lipinski definition) is 2. The molecule has 0 aromatic carbocycles. The minimum atomic E-state index is 0.745. The van der Waals surface area contributed by atoms with Gasteiger partial charge in [-0.3, -0.25) is 0 Å². The van der Waals surface area contributed by atoms with E-state index < -0.39 is 0 Å². The Bertz CT molecular complexity index is 189. The first kappa shape index (κ1) is 13.1. The molecule has 0 aliphatic heterocycles. The molecule has 0 N–H and O–H groups in total. The molecule has 1 rings (SSSR count). The Morgan fingerprint density at radius 1 is 0.812 bits per heavy atom. The van der Waals surface area contributed by atoms with Crippen molar-refractivity contribution in [2.45, 2.75) is 39.5 Å². The molecule has 92 valence electrons. The SMILES string of the molecule is CC=COCC1CCC(COC=CC)CC1. The highest BCUT2D eigenvalue weighted by atomic mass is 16.5. The van der Waals surface area contributed by atoms with Gasteiger partial charge >= 0.3 is 0 Å². The first-order chi connectivity index (χ1) is 7.86. The molecular weight excluding hydrogens is 200 g/mol. The van der Waals surface area contributed by atoms with E-state index in [9.17, 15) is 0 Å². The third-order valence-electron chi connectivity index (χ3n) is 3.09. The van der Waals surface area contributed by atoms with Gasteiger partial charge in [0.15, 0.2) is 0 Å². The molecule has 1 fully saturated rings. The van der Waals surface area contributed by atoms with Crippen LogP contribution in [-0.4, -0.2) is 13.2 Å². The highest BCUT2D eigenvalue weighted by molar-refractivity contribution is 4.75. The molecule has 0 saturated heterocycles. The lowest BCUT2D eigenvalue weighted by molar-refractivity contribution is 0.113. The first-order valence-corrected chi connectivity index (χ1v) is 6.32. The number of rotatable bonds is 6. The van der Waals surface area contributed by atoms with Gasteiger partial charge < -0.3 is 9.47 Å². The molecule has 0 atom stereocenters. The quantitative estimate of drug-likeness (QED) is 0.637. The van der Waals surface area contributed by atoms with E-state index in [1.165, 1.54) is 25.7 Å². The van der Waals surface area contributed by atoms with Crippen LogP contribution in [0.4, 0.5) is 0 Å². The van der Waals surface area contributed by atoms with E-state index in [1.54, 1.807) is 12.5 Å². The second-order valence-corrected chi connectivity index (χ2v) is 4.49. The van der Waals surface area contributed by atoms with Crippen LogP contribution in [0.1, 0.15) is 39.5 Å². The Kier molecular flexibility index (Phi) is 6.78. The van der Waals surface area contributed by atoms with Crippen LogP contribution in [0.25, 0.3) is 0 Å². The molecule has 1 aliphatic rings. The van der Waals surface area contributed by atoms with Crippen LogP contribution in [-0.2, 0) is 9.47 Å². The summed E-state index contributed by atoms with van der Waals surface area (Å²) < 4.78 is 10.9. The summed E-state index contributed by atoms with van der Waals surface area (Å²) >= 11 is 0. The molecule has 2 heteroatoms. The zero-order chi connectivity index (χ0) is 11.6. The van der Waals surface area contributed by atoms with Crippen LogP contribution in [0.15, 0.2) is 24.7 Å². The summed E-state index contributed by atoms with van der Waals surface area (Å²) in [7, 11) is 0. The standard InChI is InChI=1S/C14H24O2/c1-3-9-15-11-13-5-7-14(8-6-13)12-16-10-4-2/h3-4,9-10,13-14H,5-8,11-12H2,1-2H3. The minimum Gasteiger partial charge on any atom is -0.501 e. The summed E-state index contributed by atoms with van der Waals surface area (Å²) in [5, 5.41) is 0. The van der Waals surface area contributed by atoms with Gasteiger partial charge in [0, 0.05) is 0 Å². The molecule has 1 aliphatic carbocycles. The lowest BCUT2D eigenvalue weighted by atomic mass is 9.83. The van der Waals surface area contributed by atoms with Crippen molar-refractivity contribution < 1.29 is 9.47 Å². The van der Waals surface area contributed by atoms with Crippen LogP contribution in [0.5, 0.6) is 0 Å². The van der Waals surface area contributed by atoms with Crippen molar-refractivity contribution in [2.75, 3.05) is 13.2 Å². The lowest BCUT2D eigenvalue weighted by Crippen LogP contribution is -2.20. The molecule has 2 nitrogen and oxygen atoms in total. The van der Waals surface area contributed by atoms with E-state index in [-0.39, 0.29) is 0 Å². The first-order valence-electron chi connectivity index (χ1n) is 6.32. The van der Waals surface area contributed by atoms with Crippen molar-refractivity contribution in [2.24, 2.45) is 11.8 Å². The normalized spacial score (nSPS) is 26.4. The fourth-order valence-corrected chi connectivity index (χ4v) is 2.14. The van der Waals surface area contributed by atoms with Crippen LogP contribution >= 0.6 is 0 Å². The summed E-state index contributed by atoms with van der Waals surface area (Å²) in [5.74, 6) is 1.49. The Labute approximate surface area is 99.3 Å². The highest BCUT2D eigenvalue weighted by Gasteiger charge is 2.21. The van der Waals surface area contributed by atoms with Crippen LogP contribution in [0, 0.1) is 11.8 Å². The van der Waals surface area contributed by atoms with Gasteiger partial charge in [-0.2, -0.15) is 0 Å². The number of ether oxygens (including phenoxy) is 2. The lowest BCUT2D eigenvalue weighted by Gasteiger charge is -2.27. The topological polar surface area (TPSA) is 18.5 Å². The molecule has 0 aromatic rings. The van der Waals surface area contributed by atoms with Crippen molar-refractivity contribution in [3.05, 3.63) is 24.7 Å². The fraction of sp³-hybridized carbons (Fsp3) is 0.714. The minimum absolute atomic E-state index is 0.745. The third kappa shape index (κ3) is 5.24. The smallest absolute Gasteiger partial charge is 0.0901 e. The zero-order valence-electron chi connectivity index (χ0n) is 10.5. The summed E-state index contributed by atoms with van der Waals surface area (Å²) in [5.41, 5.74) is 0. The predicted octanol–water partition coefficient (Wildman–Crippen LogP) is 3.89. The molecule has 0 aromatic heterocycles. The number of allylic oxidation sites excluding steroid dienone is 2. The Morgan fingerprint density at radius 2 is 1.19 bits per heavy atom. The van der Waals surface area contributed by atoms with E-state index in [0.717, 1.165) is 25.0 Å². The molecule has 0 radical (unpaired) electrons. The Morgan fingerprint density at radius 3 is 1.50 bits per heavy atom. The maximum Gasteiger partial charge on any atom is 0.0901 e.